The van der Waals surface area contributed by atoms with Crippen molar-refractivity contribution in [1.82, 2.24) is 0 Å². The van der Waals surface area contributed by atoms with Crippen molar-refractivity contribution in [1.29, 1.82) is 0 Å². The zero-order valence-corrected chi connectivity index (χ0v) is 13.7. The summed E-state index contributed by atoms with van der Waals surface area (Å²) in [6.07, 6.45) is -0.320. The molecule has 0 aliphatic carbocycles. The van der Waals surface area contributed by atoms with Gasteiger partial charge in [0.1, 0.15) is 0 Å². The normalized spacial score (nSPS) is 20.7. The van der Waals surface area contributed by atoms with Gasteiger partial charge in [0.2, 0.25) is 6.79 Å². The average Bonchev–Trinajstić information content (AvgIpc) is 3.17. The van der Waals surface area contributed by atoms with Crippen LogP contribution in [0.25, 0.3) is 0 Å². The molecule has 0 radical (unpaired) electrons. The van der Waals surface area contributed by atoms with Crippen LogP contribution in [-0.4, -0.2) is 30.1 Å². The van der Waals surface area contributed by atoms with Crippen LogP contribution in [0.1, 0.15) is 29.3 Å². The summed E-state index contributed by atoms with van der Waals surface area (Å²) >= 11 is 0. The molecule has 2 aromatic carbocycles. The highest BCUT2D eigenvalue weighted by molar-refractivity contribution is 6.10. The minimum Gasteiger partial charge on any atom is -0.454 e. The molecule has 2 heterocycles. The lowest BCUT2D eigenvalue weighted by Crippen LogP contribution is -2.41. The average molecular weight is 339 g/mol. The SMILES string of the molecule is CCN1C(=O)[C@](O)(CC(=O)c2ccc3c(c2)OCO3)c2ccccc21. The number of hydrogen-bond donors (Lipinski definition) is 1. The van der Waals surface area contributed by atoms with Gasteiger partial charge in [-0.25, -0.2) is 0 Å². The Morgan fingerprint density at radius 3 is 2.76 bits per heavy atom. The molecule has 2 aliphatic rings. The molecular formula is C19H17NO5. The number of nitrogens with zero attached hydrogens (tertiary/aromatic N) is 1. The molecule has 1 atom stereocenters. The molecule has 0 fully saturated rings. The van der Waals surface area contributed by atoms with E-state index in [4.69, 9.17) is 9.47 Å². The lowest BCUT2D eigenvalue weighted by Gasteiger charge is -2.22. The molecule has 2 aliphatic heterocycles. The molecule has 0 saturated heterocycles. The zero-order valence-electron chi connectivity index (χ0n) is 13.7. The van der Waals surface area contributed by atoms with E-state index >= 15 is 0 Å². The lowest BCUT2D eigenvalue weighted by molar-refractivity contribution is -0.135. The van der Waals surface area contributed by atoms with E-state index < -0.39 is 11.5 Å². The maximum absolute atomic E-state index is 12.7. The zero-order chi connectivity index (χ0) is 17.6. The smallest absolute Gasteiger partial charge is 0.264 e. The van der Waals surface area contributed by atoms with Gasteiger partial charge in [0.05, 0.1) is 12.1 Å². The van der Waals surface area contributed by atoms with Crippen molar-refractivity contribution in [2.75, 3.05) is 18.2 Å². The van der Waals surface area contributed by atoms with E-state index in [-0.39, 0.29) is 19.0 Å². The fraction of sp³-hybridized carbons (Fsp3) is 0.263. The summed E-state index contributed by atoms with van der Waals surface area (Å²) < 4.78 is 10.5. The van der Waals surface area contributed by atoms with Crippen molar-refractivity contribution in [2.24, 2.45) is 0 Å². The predicted molar refractivity (Wildman–Crippen MR) is 89.9 cm³/mol. The molecular weight excluding hydrogens is 322 g/mol. The summed E-state index contributed by atoms with van der Waals surface area (Å²) in [7, 11) is 0. The first kappa shape index (κ1) is 15.7. The third-order valence-corrected chi connectivity index (χ3v) is 4.67. The number of fused-ring (bicyclic) bond motifs is 2. The number of hydrogen-bond acceptors (Lipinski definition) is 5. The molecule has 0 bridgehead atoms. The van der Waals surface area contributed by atoms with Crippen LogP contribution in [0.2, 0.25) is 0 Å². The van der Waals surface area contributed by atoms with Crippen LogP contribution in [0.4, 0.5) is 5.69 Å². The van der Waals surface area contributed by atoms with E-state index in [0.717, 1.165) is 0 Å². The van der Waals surface area contributed by atoms with Gasteiger partial charge in [0.25, 0.3) is 5.91 Å². The number of ether oxygens (including phenoxy) is 2. The van der Waals surface area contributed by atoms with E-state index in [0.29, 0.717) is 34.9 Å². The molecule has 1 N–H and O–H groups in total. The summed E-state index contributed by atoms with van der Waals surface area (Å²) in [5.41, 5.74) is -0.357. The Labute approximate surface area is 144 Å². The van der Waals surface area contributed by atoms with Gasteiger partial charge in [-0.2, -0.15) is 0 Å². The number of amides is 1. The molecule has 0 saturated carbocycles. The largest absolute Gasteiger partial charge is 0.454 e. The van der Waals surface area contributed by atoms with Crippen molar-refractivity contribution in [3.8, 4) is 11.5 Å². The maximum atomic E-state index is 12.7. The molecule has 6 nitrogen and oxygen atoms in total. The van der Waals surface area contributed by atoms with E-state index in [2.05, 4.69) is 0 Å². The Morgan fingerprint density at radius 2 is 1.96 bits per heavy atom. The van der Waals surface area contributed by atoms with Gasteiger partial charge < -0.3 is 19.5 Å². The van der Waals surface area contributed by atoms with Crippen LogP contribution in [0.3, 0.4) is 0 Å². The number of benzene rings is 2. The number of para-hydroxylation sites is 1. The highest BCUT2D eigenvalue weighted by atomic mass is 16.7. The fourth-order valence-corrected chi connectivity index (χ4v) is 3.40. The molecule has 6 heteroatoms. The van der Waals surface area contributed by atoms with Gasteiger partial charge in [-0.3, -0.25) is 9.59 Å². The third-order valence-electron chi connectivity index (χ3n) is 4.67. The van der Waals surface area contributed by atoms with E-state index in [9.17, 15) is 14.7 Å². The number of anilines is 1. The number of rotatable bonds is 4. The van der Waals surface area contributed by atoms with E-state index in [1.54, 1.807) is 42.5 Å². The quantitative estimate of drug-likeness (QED) is 0.865. The number of carbonyl (C=O) groups is 2. The molecule has 0 aromatic heterocycles. The Hall–Kier alpha value is -2.86. The van der Waals surface area contributed by atoms with Crippen molar-refractivity contribution < 1.29 is 24.2 Å². The highest BCUT2D eigenvalue weighted by Crippen LogP contribution is 2.43. The third kappa shape index (κ3) is 2.29. The van der Waals surface area contributed by atoms with Crippen molar-refractivity contribution in [2.45, 2.75) is 18.9 Å². The number of likely N-dealkylation sites (N-methyl/N-ethyl adjacent to an activating group) is 1. The van der Waals surface area contributed by atoms with E-state index in [1.165, 1.54) is 4.90 Å². The first-order chi connectivity index (χ1) is 12.0. The lowest BCUT2D eigenvalue weighted by atomic mass is 9.88. The summed E-state index contributed by atoms with van der Waals surface area (Å²) in [5.74, 6) is 0.271. The van der Waals surface area contributed by atoms with Gasteiger partial charge in [0.15, 0.2) is 22.9 Å². The number of aliphatic hydroxyl groups is 1. The van der Waals surface area contributed by atoms with Crippen molar-refractivity contribution in [3.05, 3.63) is 53.6 Å². The summed E-state index contributed by atoms with van der Waals surface area (Å²) in [5, 5.41) is 11.1. The molecule has 2 aromatic rings. The van der Waals surface area contributed by atoms with Gasteiger partial charge in [0, 0.05) is 17.7 Å². The molecule has 1 amide bonds. The van der Waals surface area contributed by atoms with Gasteiger partial charge in [-0.05, 0) is 31.2 Å². The minimum atomic E-state index is -1.85. The number of carbonyl (C=O) groups excluding carboxylic acids is 2. The predicted octanol–water partition coefficient (Wildman–Crippen LogP) is 2.24. The Bertz CT molecular complexity index is 878. The second kappa shape index (κ2) is 5.60. The van der Waals surface area contributed by atoms with E-state index in [1.807, 2.05) is 6.92 Å². The van der Waals surface area contributed by atoms with Crippen LogP contribution in [-0.2, 0) is 10.4 Å². The first-order valence-electron chi connectivity index (χ1n) is 8.11. The van der Waals surface area contributed by atoms with Crippen LogP contribution >= 0.6 is 0 Å². The van der Waals surface area contributed by atoms with Gasteiger partial charge >= 0.3 is 0 Å². The number of ketones is 1. The minimum absolute atomic E-state index is 0.119. The summed E-state index contributed by atoms with van der Waals surface area (Å²) in [6, 6.07) is 11.9. The summed E-state index contributed by atoms with van der Waals surface area (Å²) in [6.45, 7) is 2.38. The van der Waals surface area contributed by atoms with Crippen molar-refractivity contribution >= 4 is 17.4 Å². The second-order valence-corrected chi connectivity index (χ2v) is 6.09. The van der Waals surface area contributed by atoms with Crippen LogP contribution < -0.4 is 14.4 Å². The van der Waals surface area contributed by atoms with Crippen LogP contribution in [0.5, 0.6) is 11.5 Å². The fourth-order valence-electron chi connectivity index (χ4n) is 3.40. The standard InChI is InChI=1S/C19H17NO5/c1-2-20-14-6-4-3-5-13(14)19(23,18(20)22)10-15(21)12-7-8-16-17(9-12)25-11-24-16/h3-9,23H,2,10-11H2,1H3/t19-/m0/s1. The van der Waals surface area contributed by atoms with Crippen LogP contribution in [0.15, 0.2) is 42.5 Å². The Morgan fingerprint density at radius 1 is 1.20 bits per heavy atom. The molecule has 128 valence electrons. The monoisotopic (exact) mass is 339 g/mol. The second-order valence-electron chi connectivity index (χ2n) is 6.09. The Balaban J connectivity index is 1.67. The van der Waals surface area contributed by atoms with Crippen molar-refractivity contribution in [3.63, 3.8) is 0 Å². The summed E-state index contributed by atoms with van der Waals surface area (Å²) in [4.78, 5) is 27.0. The van der Waals surface area contributed by atoms with Crippen LogP contribution in [0, 0.1) is 0 Å². The van der Waals surface area contributed by atoms with Gasteiger partial charge in [-0.15, -0.1) is 0 Å². The molecule has 0 spiro atoms. The highest BCUT2D eigenvalue weighted by Gasteiger charge is 2.50. The molecule has 0 unspecified atom stereocenters. The molecule has 4 rings (SSSR count). The number of Topliss-reactive ketones (excluding diaryl/α,β-unsaturated/α-hetero) is 1. The van der Waals surface area contributed by atoms with Gasteiger partial charge in [-0.1, -0.05) is 18.2 Å². The molecule has 25 heavy (non-hydrogen) atoms. The topological polar surface area (TPSA) is 76.1 Å². The maximum Gasteiger partial charge on any atom is 0.264 e. The Kier molecular flexibility index (Phi) is 3.51. The first-order valence-corrected chi connectivity index (χ1v) is 8.11.